The van der Waals surface area contributed by atoms with Gasteiger partial charge in [-0.05, 0) is 57.2 Å². The lowest BCUT2D eigenvalue weighted by Gasteiger charge is -2.25. The van der Waals surface area contributed by atoms with Gasteiger partial charge in [0.25, 0.3) is 0 Å². The van der Waals surface area contributed by atoms with Crippen LogP contribution in [0.4, 0.5) is 5.13 Å². The number of ketones is 1. The number of methoxy groups -OCH3 is 1. The highest BCUT2D eigenvalue weighted by atomic mass is 32.1. The first-order valence-corrected chi connectivity index (χ1v) is 15.3. The second-order valence-electron chi connectivity index (χ2n) is 11.5. The third-order valence-electron chi connectivity index (χ3n) is 7.59. The van der Waals surface area contributed by atoms with E-state index in [0.717, 1.165) is 40.4 Å². The number of ether oxygens (including phenoxy) is 2. The number of hydrogen-bond donors (Lipinski definition) is 3. The van der Waals surface area contributed by atoms with Crippen LogP contribution in [0.15, 0.2) is 42.1 Å². The van der Waals surface area contributed by atoms with Crippen LogP contribution in [0.2, 0.25) is 0 Å². The van der Waals surface area contributed by atoms with E-state index >= 15 is 0 Å². The minimum atomic E-state index is -0.995. The van der Waals surface area contributed by atoms with Crippen LogP contribution >= 0.6 is 11.3 Å². The summed E-state index contributed by atoms with van der Waals surface area (Å²) in [4.78, 5) is 59.9. The van der Waals surface area contributed by atoms with Crippen molar-refractivity contribution in [2.45, 2.75) is 76.1 Å². The molecule has 1 saturated heterocycles. The fourth-order valence-electron chi connectivity index (χ4n) is 4.89. The molecule has 2 aromatic rings. The van der Waals surface area contributed by atoms with Gasteiger partial charge < -0.3 is 30.3 Å². The van der Waals surface area contributed by atoms with Gasteiger partial charge in [-0.15, -0.1) is 11.3 Å². The van der Waals surface area contributed by atoms with E-state index in [1.807, 2.05) is 31.1 Å². The first-order chi connectivity index (χ1) is 20.5. The van der Waals surface area contributed by atoms with Gasteiger partial charge in [-0.25, -0.2) is 4.98 Å². The van der Waals surface area contributed by atoms with Gasteiger partial charge in [-0.1, -0.05) is 23.8 Å². The molecule has 2 aliphatic rings. The molecular weight excluding hydrogens is 570 g/mol. The molecule has 0 radical (unpaired) electrons. The van der Waals surface area contributed by atoms with Crippen LogP contribution in [0.5, 0.6) is 5.75 Å². The van der Waals surface area contributed by atoms with E-state index in [4.69, 9.17) is 9.47 Å². The number of amides is 3. The summed E-state index contributed by atoms with van der Waals surface area (Å²) in [7, 11) is 5.31. The predicted octanol–water partition coefficient (Wildman–Crippen LogP) is 2.34. The van der Waals surface area contributed by atoms with Crippen LogP contribution < -0.4 is 25.6 Å². The number of carbonyl (C=O) groups is 4. The van der Waals surface area contributed by atoms with E-state index in [2.05, 4.69) is 27.0 Å². The van der Waals surface area contributed by atoms with Crippen molar-refractivity contribution < 1.29 is 28.7 Å². The Hall–Kier alpha value is -3.77. The molecule has 232 valence electrons. The molecule has 4 atom stereocenters. The van der Waals surface area contributed by atoms with E-state index in [1.54, 1.807) is 39.3 Å². The first-order valence-electron chi connectivity index (χ1n) is 14.5. The summed E-state index contributed by atoms with van der Waals surface area (Å²) in [5.41, 5.74) is 1.02. The highest BCUT2D eigenvalue weighted by Crippen LogP contribution is 2.31. The Morgan fingerprint density at radius 3 is 2.35 bits per heavy atom. The molecule has 2 heterocycles. The molecule has 3 amide bonds. The summed E-state index contributed by atoms with van der Waals surface area (Å²) in [6.45, 7) is 3.61. The minimum absolute atomic E-state index is 0.0827. The summed E-state index contributed by atoms with van der Waals surface area (Å²) in [5.74, 6) is -0.842. The molecule has 3 N–H and O–H groups in total. The maximum absolute atomic E-state index is 13.7. The lowest BCUT2D eigenvalue weighted by molar-refractivity contribution is -0.134. The zero-order valence-corrected chi connectivity index (χ0v) is 26.2. The Morgan fingerprint density at radius 2 is 1.77 bits per heavy atom. The normalized spacial score (nSPS) is 19.4. The Bertz CT molecular complexity index is 1350. The van der Waals surface area contributed by atoms with E-state index in [1.165, 1.54) is 11.3 Å². The average Bonchev–Trinajstić information content (AvgIpc) is 3.32. The lowest BCUT2D eigenvalue weighted by Crippen LogP contribution is -2.56. The molecule has 1 aliphatic carbocycles. The number of allylic oxidation sites excluding steroid dienone is 1. The van der Waals surface area contributed by atoms with E-state index in [9.17, 15) is 19.2 Å². The number of aromatic nitrogens is 1. The number of carbonyl (C=O) groups excluding carboxylic acids is 4. The van der Waals surface area contributed by atoms with Gasteiger partial charge in [-0.3, -0.25) is 19.2 Å². The van der Waals surface area contributed by atoms with Crippen LogP contribution in [-0.2, 0) is 36.8 Å². The number of anilines is 1. The third kappa shape index (κ3) is 8.87. The smallest absolute Gasteiger partial charge is 0.243 e. The number of thiazole rings is 1. The number of epoxide rings is 1. The van der Waals surface area contributed by atoms with Gasteiger partial charge in [0.05, 0.1) is 26.2 Å². The quantitative estimate of drug-likeness (QED) is 0.206. The van der Waals surface area contributed by atoms with Crippen molar-refractivity contribution in [1.29, 1.82) is 0 Å². The monoisotopic (exact) mass is 611 g/mol. The fourth-order valence-corrected chi connectivity index (χ4v) is 5.72. The zero-order valence-electron chi connectivity index (χ0n) is 25.4. The number of hydrogen-bond acceptors (Lipinski definition) is 9. The number of nitrogens with zero attached hydrogens (tertiary/aromatic N) is 2. The summed E-state index contributed by atoms with van der Waals surface area (Å²) >= 11 is 1.40. The molecule has 12 heteroatoms. The second kappa shape index (κ2) is 14.1. The Kier molecular flexibility index (Phi) is 10.6. The lowest BCUT2D eigenvalue weighted by atomic mass is 9.94. The predicted molar refractivity (Wildman–Crippen MR) is 164 cm³/mol. The Morgan fingerprint density at radius 1 is 1.07 bits per heavy atom. The zero-order chi connectivity index (χ0) is 31.1. The highest BCUT2D eigenvalue weighted by molar-refractivity contribution is 7.15. The van der Waals surface area contributed by atoms with Crippen molar-refractivity contribution in [2.75, 3.05) is 32.7 Å². The summed E-state index contributed by atoms with van der Waals surface area (Å²) in [6.07, 6.45) is 7.30. The largest absolute Gasteiger partial charge is 0.497 e. The minimum Gasteiger partial charge on any atom is -0.497 e. The molecule has 1 aromatic heterocycles. The average molecular weight is 612 g/mol. The van der Waals surface area contributed by atoms with E-state index in [0.29, 0.717) is 18.8 Å². The molecule has 1 fully saturated rings. The summed E-state index contributed by atoms with van der Waals surface area (Å²) in [6, 6.07) is 4.52. The van der Waals surface area contributed by atoms with Crippen LogP contribution in [0.1, 0.15) is 50.0 Å². The Labute approximate surface area is 256 Å². The van der Waals surface area contributed by atoms with Gasteiger partial charge in [0.15, 0.2) is 10.9 Å². The van der Waals surface area contributed by atoms with Crippen LogP contribution in [0.3, 0.4) is 0 Å². The van der Waals surface area contributed by atoms with E-state index < -0.39 is 35.5 Å². The van der Waals surface area contributed by atoms with Gasteiger partial charge in [0, 0.05) is 31.6 Å². The molecule has 0 saturated carbocycles. The van der Waals surface area contributed by atoms with Crippen LogP contribution in [0.25, 0.3) is 0 Å². The molecular formula is C31H41N5O6S. The summed E-state index contributed by atoms with van der Waals surface area (Å²) < 4.78 is 10.6. The molecule has 0 bridgehead atoms. The van der Waals surface area contributed by atoms with Gasteiger partial charge >= 0.3 is 0 Å². The molecule has 1 aromatic carbocycles. The standard InChI is InChI=1S/C31H41N5O6S/c1-19(33-26(37)16-23-17-32-30(43-23)36(3)4)28(39)35-25(15-21-10-12-22(41-5)13-11-21)29(40)34-24(14-20-8-6-7-9-20)27(38)31(2)18-42-31/h8,10-13,17,19,24-25H,6-7,9,14-16,18H2,1-5H3,(H,33,37)(H,34,40)(H,35,39). The van der Waals surface area contributed by atoms with Crippen LogP contribution in [0, 0.1) is 0 Å². The number of rotatable bonds is 15. The topological polar surface area (TPSA) is 142 Å². The second-order valence-corrected chi connectivity index (χ2v) is 12.6. The maximum Gasteiger partial charge on any atom is 0.243 e. The third-order valence-corrected chi connectivity index (χ3v) is 8.76. The molecule has 1 aliphatic heterocycles. The summed E-state index contributed by atoms with van der Waals surface area (Å²) in [5, 5.41) is 9.22. The number of Topliss-reactive ketones (excluding diaryl/α,β-unsaturated/α-hetero) is 1. The van der Waals surface area contributed by atoms with Crippen molar-refractivity contribution in [1.82, 2.24) is 20.9 Å². The number of benzene rings is 1. The molecule has 11 nitrogen and oxygen atoms in total. The molecule has 43 heavy (non-hydrogen) atoms. The maximum atomic E-state index is 13.7. The van der Waals surface area contributed by atoms with Crippen molar-refractivity contribution in [3.05, 3.63) is 52.6 Å². The van der Waals surface area contributed by atoms with Crippen molar-refractivity contribution in [2.24, 2.45) is 0 Å². The van der Waals surface area contributed by atoms with Crippen LogP contribution in [-0.4, -0.2) is 80.0 Å². The molecule has 4 unspecified atom stereocenters. The van der Waals surface area contributed by atoms with Crippen molar-refractivity contribution >= 4 is 40.0 Å². The van der Waals surface area contributed by atoms with Gasteiger partial charge in [0.1, 0.15) is 23.4 Å². The Balaban J connectivity index is 1.45. The fraction of sp³-hybridized carbons (Fsp3) is 0.516. The van der Waals surface area contributed by atoms with Gasteiger partial charge in [-0.2, -0.15) is 0 Å². The SMILES string of the molecule is COc1ccc(CC(NC(=O)C(C)NC(=O)Cc2cnc(N(C)C)s2)C(=O)NC(CC2=CCCC2)C(=O)C2(C)CO2)cc1. The highest BCUT2D eigenvalue weighted by Gasteiger charge is 2.50. The first kappa shape index (κ1) is 32.2. The van der Waals surface area contributed by atoms with E-state index in [-0.39, 0.29) is 24.5 Å². The van der Waals surface area contributed by atoms with Crippen molar-refractivity contribution in [3.8, 4) is 5.75 Å². The molecule has 4 rings (SSSR count). The van der Waals surface area contributed by atoms with Gasteiger partial charge in [0.2, 0.25) is 17.7 Å². The molecule has 0 spiro atoms. The number of nitrogens with one attached hydrogen (secondary N) is 3. The van der Waals surface area contributed by atoms with Crippen molar-refractivity contribution in [3.63, 3.8) is 0 Å².